The second-order valence-electron chi connectivity index (χ2n) is 5.14. The van der Waals surface area contributed by atoms with Gasteiger partial charge in [0.2, 0.25) is 6.10 Å². The third kappa shape index (κ3) is 11.9. The lowest BCUT2D eigenvalue weighted by Gasteiger charge is -2.25. The van der Waals surface area contributed by atoms with Crippen LogP contribution in [0.2, 0.25) is 0 Å². The van der Waals surface area contributed by atoms with E-state index >= 15 is 0 Å². The van der Waals surface area contributed by atoms with Crippen molar-refractivity contribution in [2.45, 2.75) is 88.4 Å². The maximum atomic E-state index is 11.9. The number of carbonyl (C=O) groups is 2. The van der Waals surface area contributed by atoms with Gasteiger partial charge in [0.15, 0.2) is 0 Å². The summed E-state index contributed by atoms with van der Waals surface area (Å²) in [7, 11) is 0. The van der Waals surface area contributed by atoms with Gasteiger partial charge < -0.3 is 9.47 Å². The molecule has 0 aromatic rings. The van der Waals surface area contributed by atoms with Gasteiger partial charge in [-0.1, -0.05) is 50.5 Å². The van der Waals surface area contributed by atoms with Crippen LogP contribution in [-0.4, -0.2) is 36.5 Å². The summed E-state index contributed by atoms with van der Waals surface area (Å²) in [6, 6.07) is 0. The number of halogens is 6. The molecule has 0 aromatic heterocycles. The monoisotopic (exact) mass is 416 g/mol. The van der Waals surface area contributed by atoms with Gasteiger partial charge in [0.1, 0.15) is 0 Å². The van der Waals surface area contributed by atoms with E-state index < -0.39 is 36.5 Å². The van der Waals surface area contributed by atoms with Gasteiger partial charge in [0.05, 0.1) is 17.9 Å². The molecule has 0 amide bonds. The van der Waals surface area contributed by atoms with Gasteiger partial charge in [-0.3, -0.25) is 9.59 Å². The van der Waals surface area contributed by atoms with Gasteiger partial charge in [-0.05, 0) is 13.3 Å². The summed E-state index contributed by atoms with van der Waals surface area (Å²) >= 11 is 0. The minimum absolute atomic E-state index is 0. The van der Waals surface area contributed by atoms with Gasteiger partial charge >= 0.3 is 24.3 Å². The maximum Gasteiger partial charge on any atom is 0.423 e. The Balaban J connectivity index is -0.000000110. The van der Waals surface area contributed by atoms with Crippen LogP contribution in [0, 0.1) is 11.8 Å². The molecule has 0 aromatic carbocycles. The highest BCUT2D eigenvalue weighted by Gasteiger charge is 2.58. The van der Waals surface area contributed by atoms with Crippen LogP contribution in [0.1, 0.15) is 63.8 Å². The molecule has 1 rings (SSSR count). The average Bonchev–Trinajstić information content (AvgIpc) is 2.60. The van der Waals surface area contributed by atoms with E-state index in [1.165, 1.54) is 6.92 Å². The van der Waals surface area contributed by atoms with E-state index in [9.17, 15) is 35.9 Å². The number of cyclic esters (lactones) is 2. The highest BCUT2D eigenvalue weighted by atomic mass is 19.4. The van der Waals surface area contributed by atoms with Crippen LogP contribution in [0.25, 0.3) is 0 Å². The van der Waals surface area contributed by atoms with Crippen molar-refractivity contribution in [3.8, 4) is 0 Å². The summed E-state index contributed by atoms with van der Waals surface area (Å²) in [5, 5.41) is 0. The lowest BCUT2D eigenvalue weighted by atomic mass is 10.00. The summed E-state index contributed by atoms with van der Waals surface area (Å²) in [6.07, 6.45) is -15.5. The summed E-state index contributed by atoms with van der Waals surface area (Å²) in [4.78, 5) is 21.1. The molecule has 0 spiro atoms. The van der Waals surface area contributed by atoms with Gasteiger partial charge in [-0.2, -0.15) is 26.3 Å². The van der Waals surface area contributed by atoms with Crippen LogP contribution in [0.15, 0.2) is 0 Å². The average molecular weight is 416 g/mol. The smallest absolute Gasteiger partial charge is 0.393 e. The molecule has 1 aliphatic heterocycles. The number of ether oxygens (including phenoxy) is 2. The largest absolute Gasteiger partial charge is 0.423 e. The number of hydrogen-bond donors (Lipinski definition) is 0. The lowest BCUT2D eigenvalue weighted by Crippen LogP contribution is -2.45. The molecule has 0 N–H and O–H groups in total. The van der Waals surface area contributed by atoms with E-state index in [0.717, 1.165) is 6.92 Å². The zero-order valence-electron chi connectivity index (χ0n) is 12.9. The summed E-state index contributed by atoms with van der Waals surface area (Å²) in [5.41, 5.74) is 0. The molecule has 1 saturated heterocycles. The quantitative estimate of drug-likeness (QED) is 0.313. The molecule has 0 radical (unpaired) electrons. The highest BCUT2D eigenvalue weighted by Crippen LogP contribution is 2.36. The van der Waals surface area contributed by atoms with Crippen LogP contribution in [0.3, 0.4) is 0 Å². The third-order valence-electron chi connectivity index (χ3n) is 3.23. The number of esters is 2. The van der Waals surface area contributed by atoms with Crippen molar-refractivity contribution in [3.05, 3.63) is 0 Å². The Bertz CT molecular complexity index is 389. The molecule has 0 saturated carbocycles. The van der Waals surface area contributed by atoms with Crippen molar-refractivity contribution in [2.75, 3.05) is 0 Å². The number of rotatable bonds is 3. The zero-order chi connectivity index (χ0) is 18.6. The van der Waals surface area contributed by atoms with E-state index in [2.05, 4.69) is 9.47 Å². The summed E-state index contributed by atoms with van der Waals surface area (Å²) in [6.45, 7) is 5.98. The Morgan fingerprint density at radius 2 is 1.19 bits per heavy atom. The molecular formula is C17H34F6O4. The second kappa shape index (κ2) is 13.8. The molecule has 27 heavy (non-hydrogen) atoms. The van der Waals surface area contributed by atoms with E-state index in [1.807, 2.05) is 0 Å². The van der Waals surface area contributed by atoms with Crippen LogP contribution < -0.4 is 0 Å². The molecular weight excluding hydrogens is 382 g/mol. The summed E-state index contributed by atoms with van der Waals surface area (Å²) in [5.74, 6) is -1.30. The van der Waals surface area contributed by atoms with Gasteiger partial charge in [-0.15, -0.1) is 0 Å². The standard InChI is InChI=1S/C7H10F6O.C6H8O3.4CH4/c1-3-4(2)14-5(6(8,9)10)7(11,12)13;1-3-4(2)6(8)9-5(3)7;;;;/h4-5H,3H2,1-2H3;3-4H,1-2H3;4*1H4. The van der Waals surface area contributed by atoms with Crippen LogP contribution in [0.5, 0.6) is 0 Å². The molecule has 4 nitrogen and oxygen atoms in total. The molecule has 3 atom stereocenters. The highest BCUT2D eigenvalue weighted by molar-refractivity contribution is 5.95. The first-order valence-electron chi connectivity index (χ1n) is 6.76. The van der Waals surface area contributed by atoms with Crippen molar-refractivity contribution in [3.63, 3.8) is 0 Å². The fraction of sp³-hybridized carbons (Fsp3) is 0.882. The Labute approximate surface area is 158 Å². The molecule has 1 fully saturated rings. The minimum Gasteiger partial charge on any atom is -0.393 e. The molecule has 3 unspecified atom stereocenters. The Morgan fingerprint density at radius 3 is 1.33 bits per heavy atom. The molecule has 168 valence electrons. The summed E-state index contributed by atoms with van der Waals surface area (Å²) < 4.78 is 79.4. The molecule has 1 aliphatic rings. The van der Waals surface area contributed by atoms with Crippen molar-refractivity contribution in [1.29, 1.82) is 0 Å². The number of hydrogen-bond acceptors (Lipinski definition) is 4. The Kier molecular flexibility index (Phi) is 18.7. The van der Waals surface area contributed by atoms with E-state index in [4.69, 9.17) is 0 Å². The van der Waals surface area contributed by atoms with Gasteiger partial charge in [0.25, 0.3) is 0 Å². The topological polar surface area (TPSA) is 52.6 Å². The fourth-order valence-electron chi connectivity index (χ4n) is 1.36. The SMILES string of the molecule is C.C.C.C.CC1C(=O)OC(=O)C1C.CCC(C)OC(C(F)(F)F)C(F)(F)F. The second-order valence-corrected chi connectivity index (χ2v) is 5.14. The van der Waals surface area contributed by atoms with E-state index in [1.54, 1.807) is 13.8 Å². The van der Waals surface area contributed by atoms with Gasteiger partial charge in [0, 0.05) is 0 Å². The van der Waals surface area contributed by atoms with Crippen molar-refractivity contribution in [2.24, 2.45) is 11.8 Å². The van der Waals surface area contributed by atoms with Crippen LogP contribution in [-0.2, 0) is 19.1 Å². The minimum atomic E-state index is -5.42. The molecule has 10 heteroatoms. The van der Waals surface area contributed by atoms with Crippen LogP contribution in [0.4, 0.5) is 26.3 Å². The predicted octanol–water partition coefficient (Wildman–Crippen LogP) is 6.18. The van der Waals surface area contributed by atoms with Gasteiger partial charge in [-0.25, -0.2) is 0 Å². The maximum absolute atomic E-state index is 11.9. The molecule has 1 heterocycles. The fourth-order valence-corrected chi connectivity index (χ4v) is 1.36. The van der Waals surface area contributed by atoms with Crippen molar-refractivity contribution in [1.82, 2.24) is 0 Å². The Morgan fingerprint density at radius 1 is 0.889 bits per heavy atom. The first-order chi connectivity index (χ1) is 10.2. The van der Waals surface area contributed by atoms with Crippen molar-refractivity contribution >= 4 is 11.9 Å². The molecule has 0 aliphatic carbocycles. The van der Waals surface area contributed by atoms with E-state index in [-0.39, 0.29) is 48.0 Å². The van der Waals surface area contributed by atoms with E-state index in [0.29, 0.717) is 0 Å². The first kappa shape index (κ1) is 36.6. The number of alkyl halides is 6. The van der Waals surface area contributed by atoms with Crippen molar-refractivity contribution < 1.29 is 45.4 Å². The normalized spacial score (nSPS) is 20.0. The Hall–Kier alpha value is -1.32. The zero-order valence-corrected chi connectivity index (χ0v) is 12.9. The number of carbonyl (C=O) groups excluding carboxylic acids is 2. The predicted molar refractivity (Wildman–Crippen MR) is 93.1 cm³/mol. The lowest BCUT2D eigenvalue weighted by molar-refractivity contribution is -0.329. The first-order valence-corrected chi connectivity index (χ1v) is 6.76. The molecule has 0 bridgehead atoms. The third-order valence-corrected chi connectivity index (χ3v) is 3.23. The van der Waals surface area contributed by atoms with Crippen LogP contribution >= 0.6 is 0 Å².